The maximum atomic E-state index is 10.5. The van der Waals surface area contributed by atoms with Gasteiger partial charge in [0.25, 0.3) is 0 Å². The molecule has 0 spiro atoms. The van der Waals surface area contributed by atoms with Gasteiger partial charge >= 0.3 is 0 Å². The van der Waals surface area contributed by atoms with Crippen LogP contribution in [0.15, 0.2) is 12.4 Å². The molecule has 0 aliphatic rings. The average molecular weight is 227 g/mol. The summed E-state index contributed by atoms with van der Waals surface area (Å²) in [6, 6.07) is 0. The van der Waals surface area contributed by atoms with E-state index in [9.17, 15) is 5.21 Å². The first-order valence-corrected chi connectivity index (χ1v) is 4.92. The maximum Gasteiger partial charge on any atom is 0.225 e. The second-order valence-corrected chi connectivity index (χ2v) is 3.13. The van der Waals surface area contributed by atoms with Gasteiger partial charge in [-0.25, -0.2) is 9.97 Å². The van der Waals surface area contributed by atoms with E-state index in [1.807, 2.05) is 14.0 Å². The quantitative estimate of drug-likeness (QED) is 0.564. The van der Waals surface area contributed by atoms with Gasteiger partial charge in [-0.3, -0.25) is 5.21 Å². The van der Waals surface area contributed by atoms with E-state index in [0.29, 0.717) is 25.7 Å². The van der Waals surface area contributed by atoms with Crippen LogP contribution in [0.4, 0.5) is 11.6 Å². The van der Waals surface area contributed by atoms with E-state index in [4.69, 9.17) is 9.94 Å². The zero-order valence-electron chi connectivity index (χ0n) is 9.33. The van der Waals surface area contributed by atoms with Crippen LogP contribution in [0, 0.1) is 5.21 Å². The Morgan fingerprint density at radius 2 is 2.06 bits per heavy atom. The summed E-state index contributed by atoms with van der Waals surface area (Å²) in [4.78, 5) is 9.67. The molecule has 0 amide bonds. The molecule has 0 aliphatic heterocycles. The zero-order chi connectivity index (χ0) is 12.0. The third-order valence-electron chi connectivity index (χ3n) is 1.96. The Balaban J connectivity index is 2.52. The van der Waals surface area contributed by atoms with Crippen molar-refractivity contribution in [2.24, 2.45) is 0 Å². The Labute approximate surface area is 93.8 Å². The van der Waals surface area contributed by atoms with Crippen molar-refractivity contribution in [2.75, 3.05) is 36.9 Å². The molecule has 7 heteroatoms. The predicted octanol–water partition coefficient (Wildman–Crippen LogP) is 0.643. The van der Waals surface area contributed by atoms with Gasteiger partial charge in [-0.1, -0.05) is 0 Å². The van der Waals surface area contributed by atoms with Crippen LogP contribution in [0.3, 0.4) is 0 Å². The minimum atomic E-state index is -0.274. The SMILES string of the molecule is CCOCCN(C)c1ncc(N([O-])O)cn1. The van der Waals surface area contributed by atoms with Gasteiger partial charge in [-0.2, -0.15) is 0 Å². The highest BCUT2D eigenvalue weighted by molar-refractivity contribution is 5.42. The molecule has 90 valence electrons. The van der Waals surface area contributed by atoms with Crippen LogP contribution in [0.25, 0.3) is 0 Å². The number of ether oxygens (including phenoxy) is 1. The van der Waals surface area contributed by atoms with Crippen LogP contribution in [-0.2, 0) is 4.74 Å². The number of rotatable bonds is 6. The van der Waals surface area contributed by atoms with Crippen molar-refractivity contribution in [1.29, 1.82) is 0 Å². The molecule has 7 nitrogen and oxygen atoms in total. The lowest BCUT2D eigenvalue weighted by molar-refractivity contribution is 0.154. The first-order chi connectivity index (χ1) is 7.65. The molecule has 0 bridgehead atoms. The standard InChI is InChI=1S/C9H15N4O3/c1-3-16-5-4-12(2)9-10-6-8(7-11-9)13(14)15/h6-7,14H,3-5H2,1-2H3/q-1. The zero-order valence-corrected chi connectivity index (χ0v) is 9.33. The predicted molar refractivity (Wildman–Crippen MR) is 59.4 cm³/mol. The Morgan fingerprint density at radius 1 is 1.44 bits per heavy atom. The molecule has 0 aliphatic carbocycles. The van der Waals surface area contributed by atoms with Gasteiger partial charge in [-0.05, 0) is 6.92 Å². The monoisotopic (exact) mass is 227 g/mol. The topological polar surface area (TPSA) is 84.8 Å². The molecule has 0 fully saturated rings. The summed E-state index contributed by atoms with van der Waals surface area (Å²) in [5.74, 6) is 0.477. The van der Waals surface area contributed by atoms with Gasteiger partial charge in [-0.15, -0.1) is 0 Å². The molecule has 0 atom stereocenters. The van der Waals surface area contributed by atoms with Gasteiger partial charge in [0.15, 0.2) is 0 Å². The van der Waals surface area contributed by atoms with Crippen molar-refractivity contribution < 1.29 is 9.94 Å². The molecule has 1 aromatic heterocycles. The second-order valence-electron chi connectivity index (χ2n) is 3.13. The Morgan fingerprint density at radius 3 is 2.56 bits per heavy atom. The highest BCUT2D eigenvalue weighted by Gasteiger charge is 2.03. The normalized spacial score (nSPS) is 10.2. The number of likely N-dealkylation sites (N-methyl/N-ethyl adjacent to an activating group) is 1. The summed E-state index contributed by atoms with van der Waals surface area (Å²) < 4.78 is 5.19. The molecule has 1 N–H and O–H groups in total. The van der Waals surface area contributed by atoms with E-state index >= 15 is 0 Å². The number of nitrogens with zero attached hydrogens (tertiary/aromatic N) is 4. The van der Waals surface area contributed by atoms with Gasteiger partial charge in [0.2, 0.25) is 5.95 Å². The first-order valence-electron chi connectivity index (χ1n) is 4.92. The minimum absolute atomic E-state index is 0.00181. The highest BCUT2D eigenvalue weighted by atomic mass is 16.8. The van der Waals surface area contributed by atoms with E-state index < -0.39 is 0 Å². The second kappa shape index (κ2) is 6.21. The van der Waals surface area contributed by atoms with Crippen LogP contribution in [0.2, 0.25) is 0 Å². The van der Waals surface area contributed by atoms with E-state index in [1.54, 1.807) is 4.90 Å². The van der Waals surface area contributed by atoms with Crippen LogP contribution in [-0.4, -0.2) is 42.0 Å². The van der Waals surface area contributed by atoms with Crippen molar-refractivity contribution in [3.63, 3.8) is 0 Å². The van der Waals surface area contributed by atoms with Crippen molar-refractivity contribution in [3.8, 4) is 0 Å². The van der Waals surface area contributed by atoms with Gasteiger partial charge in [0.1, 0.15) is 0 Å². The summed E-state index contributed by atoms with van der Waals surface area (Å²) in [5.41, 5.74) is 0.00181. The number of anilines is 2. The molecule has 1 aromatic rings. The van der Waals surface area contributed by atoms with Crippen molar-refractivity contribution in [2.45, 2.75) is 6.92 Å². The molecule has 0 radical (unpaired) electrons. The molecular formula is C9H15N4O3-. The van der Waals surface area contributed by atoms with Crippen LogP contribution in [0.5, 0.6) is 0 Å². The molecule has 0 saturated carbocycles. The molecule has 0 aromatic carbocycles. The van der Waals surface area contributed by atoms with Gasteiger partial charge in [0, 0.05) is 20.2 Å². The number of aromatic nitrogens is 2. The lowest BCUT2D eigenvalue weighted by Gasteiger charge is -2.22. The molecule has 1 heterocycles. The summed E-state index contributed by atoms with van der Waals surface area (Å²) in [6.07, 6.45) is 2.51. The Kier molecular flexibility index (Phi) is 4.90. The largest absolute Gasteiger partial charge is 0.733 e. The molecule has 16 heavy (non-hydrogen) atoms. The van der Waals surface area contributed by atoms with Crippen LogP contribution in [0.1, 0.15) is 6.92 Å². The fourth-order valence-corrected chi connectivity index (χ4v) is 1.06. The summed E-state index contributed by atoms with van der Waals surface area (Å²) in [6.45, 7) is 3.85. The summed E-state index contributed by atoms with van der Waals surface area (Å²) in [7, 11) is 1.82. The first kappa shape index (κ1) is 12.6. The van der Waals surface area contributed by atoms with Crippen molar-refractivity contribution in [3.05, 3.63) is 17.6 Å². The smallest absolute Gasteiger partial charge is 0.225 e. The number of hydrogen-bond acceptors (Lipinski definition) is 7. The third-order valence-corrected chi connectivity index (χ3v) is 1.96. The van der Waals surface area contributed by atoms with E-state index in [2.05, 4.69) is 9.97 Å². The molecular weight excluding hydrogens is 212 g/mol. The van der Waals surface area contributed by atoms with Gasteiger partial charge in [0.05, 0.1) is 24.7 Å². The fourth-order valence-electron chi connectivity index (χ4n) is 1.06. The summed E-state index contributed by atoms with van der Waals surface area (Å²) in [5, 5.41) is 18.8. The van der Waals surface area contributed by atoms with Crippen LogP contribution < -0.4 is 10.1 Å². The maximum absolute atomic E-state index is 10.5. The number of hydrogen-bond donors (Lipinski definition) is 1. The van der Waals surface area contributed by atoms with E-state index in [0.717, 1.165) is 0 Å². The van der Waals surface area contributed by atoms with Gasteiger partial charge < -0.3 is 20.1 Å². The fraction of sp³-hybridized carbons (Fsp3) is 0.556. The minimum Gasteiger partial charge on any atom is -0.733 e. The van der Waals surface area contributed by atoms with Crippen molar-refractivity contribution >= 4 is 11.6 Å². The lowest BCUT2D eigenvalue weighted by atomic mass is 10.5. The molecule has 1 rings (SSSR count). The highest BCUT2D eigenvalue weighted by Crippen LogP contribution is 2.10. The average Bonchev–Trinajstić information content (AvgIpc) is 2.29. The Bertz CT molecular complexity index is 304. The Hall–Kier alpha value is -1.44. The summed E-state index contributed by atoms with van der Waals surface area (Å²) >= 11 is 0. The van der Waals surface area contributed by atoms with Crippen LogP contribution >= 0.6 is 0 Å². The molecule has 0 saturated heterocycles. The lowest BCUT2D eigenvalue weighted by Crippen LogP contribution is -2.24. The van der Waals surface area contributed by atoms with Crippen molar-refractivity contribution in [1.82, 2.24) is 9.97 Å². The van der Waals surface area contributed by atoms with E-state index in [1.165, 1.54) is 12.4 Å². The molecule has 0 unspecified atom stereocenters. The third kappa shape index (κ3) is 3.61. The van der Waals surface area contributed by atoms with E-state index in [-0.39, 0.29) is 10.9 Å².